The Bertz CT molecular complexity index is 867. The van der Waals surface area contributed by atoms with Gasteiger partial charge in [-0.25, -0.2) is 4.98 Å². The van der Waals surface area contributed by atoms with E-state index in [0.717, 1.165) is 29.0 Å². The third-order valence-corrected chi connectivity index (χ3v) is 4.25. The summed E-state index contributed by atoms with van der Waals surface area (Å²) in [5.41, 5.74) is 3.28. The number of hydrogen-bond donors (Lipinski definition) is 2. The molecular weight excluding hydrogens is 314 g/mol. The van der Waals surface area contributed by atoms with Crippen molar-refractivity contribution in [3.63, 3.8) is 0 Å². The van der Waals surface area contributed by atoms with Crippen LogP contribution in [-0.4, -0.2) is 25.7 Å². The molecule has 0 aliphatic carbocycles. The number of aromatic nitrogens is 4. The molecule has 0 bridgehead atoms. The Morgan fingerprint density at radius 2 is 2.04 bits per heavy atom. The summed E-state index contributed by atoms with van der Waals surface area (Å²) in [7, 11) is 0. The van der Waals surface area contributed by atoms with Gasteiger partial charge >= 0.3 is 0 Å². The molecule has 3 aromatic rings. The summed E-state index contributed by atoms with van der Waals surface area (Å²) < 4.78 is 1.92. The summed E-state index contributed by atoms with van der Waals surface area (Å²) in [6, 6.07) is 7.62. The van der Waals surface area contributed by atoms with Crippen molar-refractivity contribution >= 4 is 16.9 Å². The highest BCUT2D eigenvalue weighted by molar-refractivity contribution is 5.95. The number of nitrogens with one attached hydrogen (secondary N) is 2. The zero-order valence-electron chi connectivity index (χ0n) is 15.4. The third-order valence-electron chi connectivity index (χ3n) is 4.25. The second kappa shape index (κ2) is 6.35. The first-order chi connectivity index (χ1) is 11.8. The van der Waals surface area contributed by atoms with Crippen molar-refractivity contribution in [1.82, 2.24) is 25.1 Å². The van der Waals surface area contributed by atoms with Crippen LogP contribution in [0, 0.1) is 0 Å². The molecule has 3 rings (SSSR count). The van der Waals surface area contributed by atoms with Crippen LogP contribution in [0.3, 0.4) is 0 Å². The summed E-state index contributed by atoms with van der Waals surface area (Å²) in [5, 5.41) is 7.45. The Morgan fingerprint density at radius 1 is 1.32 bits per heavy atom. The first-order valence-corrected chi connectivity index (χ1v) is 8.64. The van der Waals surface area contributed by atoms with E-state index < -0.39 is 0 Å². The van der Waals surface area contributed by atoms with Gasteiger partial charge in [0.1, 0.15) is 5.82 Å². The molecule has 2 aromatic heterocycles. The van der Waals surface area contributed by atoms with Gasteiger partial charge in [-0.1, -0.05) is 19.1 Å². The smallest absolute Gasteiger partial charge is 0.255 e. The van der Waals surface area contributed by atoms with Crippen LogP contribution in [0.2, 0.25) is 0 Å². The number of hydrogen-bond acceptors (Lipinski definition) is 3. The number of fused-ring (bicyclic) bond motifs is 1. The molecular formula is C19H25N5O. The molecule has 132 valence electrons. The fourth-order valence-corrected chi connectivity index (χ4v) is 3.00. The number of aromatic amines is 1. The summed E-state index contributed by atoms with van der Waals surface area (Å²) in [6.45, 7) is 10.2. The van der Waals surface area contributed by atoms with E-state index in [0.29, 0.717) is 5.56 Å². The first kappa shape index (κ1) is 17.2. The minimum Gasteiger partial charge on any atom is -0.342 e. The van der Waals surface area contributed by atoms with Crippen LogP contribution >= 0.6 is 0 Å². The van der Waals surface area contributed by atoms with Crippen molar-refractivity contribution in [3.8, 4) is 0 Å². The van der Waals surface area contributed by atoms with Crippen LogP contribution in [0.15, 0.2) is 30.5 Å². The molecule has 6 nitrogen and oxygen atoms in total. The van der Waals surface area contributed by atoms with Gasteiger partial charge in [-0.2, -0.15) is 5.10 Å². The van der Waals surface area contributed by atoms with Gasteiger partial charge < -0.3 is 10.3 Å². The predicted molar refractivity (Wildman–Crippen MR) is 98.6 cm³/mol. The molecule has 25 heavy (non-hydrogen) atoms. The molecule has 1 atom stereocenters. The highest BCUT2D eigenvalue weighted by Gasteiger charge is 2.24. The highest BCUT2D eigenvalue weighted by atomic mass is 16.1. The van der Waals surface area contributed by atoms with Gasteiger partial charge in [0.25, 0.3) is 5.91 Å². The summed E-state index contributed by atoms with van der Waals surface area (Å²) in [4.78, 5) is 20.6. The molecule has 0 aliphatic rings. The molecule has 0 radical (unpaired) electrons. The van der Waals surface area contributed by atoms with Crippen LogP contribution in [-0.2, 0) is 12.0 Å². The monoisotopic (exact) mass is 339 g/mol. The fourth-order valence-electron chi connectivity index (χ4n) is 3.00. The third kappa shape index (κ3) is 3.29. The zero-order chi connectivity index (χ0) is 18.2. The molecule has 1 aromatic carbocycles. The van der Waals surface area contributed by atoms with Gasteiger partial charge in [0, 0.05) is 0 Å². The zero-order valence-corrected chi connectivity index (χ0v) is 15.4. The van der Waals surface area contributed by atoms with Gasteiger partial charge in [0.05, 0.1) is 40.1 Å². The molecule has 2 N–H and O–H groups in total. The fraction of sp³-hybridized carbons (Fsp3) is 0.421. The van der Waals surface area contributed by atoms with E-state index in [2.05, 4.69) is 41.2 Å². The molecule has 0 aliphatic heterocycles. The van der Waals surface area contributed by atoms with E-state index >= 15 is 0 Å². The normalized spacial score (nSPS) is 13.2. The van der Waals surface area contributed by atoms with E-state index in [1.165, 1.54) is 0 Å². The van der Waals surface area contributed by atoms with Gasteiger partial charge in [0.15, 0.2) is 0 Å². The van der Waals surface area contributed by atoms with E-state index in [-0.39, 0.29) is 17.5 Å². The summed E-state index contributed by atoms with van der Waals surface area (Å²) >= 11 is 0. The van der Waals surface area contributed by atoms with Crippen molar-refractivity contribution < 1.29 is 4.79 Å². The lowest BCUT2D eigenvalue weighted by molar-refractivity contribution is 0.0937. The van der Waals surface area contributed by atoms with Gasteiger partial charge in [-0.05, 0) is 46.2 Å². The predicted octanol–water partition coefficient (Wildman–Crippen LogP) is 3.57. The number of amides is 1. The van der Waals surface area contributed by atoms with Crippen LogP contribution in [0.4, 0.5) is 0 Å². The van der Waals surface area contributed by atoms with E-state index in [1.54, 1.807) is 6.20 Å². The number of imidazole rings is 1. The van der Waals surface area contributed by atoms with Crippen molar-refractivity contribution in [3.05, 3.63) is 47.5 Å². The summed E-state index contributed by atoms with van der Waals surface area (Å²) in [6.07, 6.45) is 2.41. The SMILES string of the molecule is CCc1c(C(=O)N[C@@H](C)c2nc3ccccc3[nH]2)cnn1C(C)(C)C. The number of benzene rings is 1. The van der Waals surface area contributed by atoms with Gasteiger partial charge in [0.2, 0.25) is 0 Å². The van der Waals surface area contributed by atoms with Gasteiger partial charge in [-0.3, -0.25) is 9.48 Å². The Hall–Kier alpha value is -2.63. The molecule has 1 amide bonds. The van der Waals surface area contributed by atoms with Crippen molar-refractivity contribution in [2.24, 2.45) is 0 Å². The molecule has 0 saturated carbocycles. The Kier molecular flexibility index (Phi) is 4.37. The minimum atomic E-state index is -0.220. The Balaban J connectivity index is 1.83. The minimum absolute atomic E-state index is 0.125. The quantitative estimate of drug-likeness (QED) is 0.763. The number of nitrogens with zero attached hydrogens (tertiary/aromatic N) is 3. The molecule has 0 unspecified atom stereocenters. The van der Waals surface area contributed by atoms with Gasteiger partial charge in [-0.15, -0.1) is 0 Å². The second-order valence-electron chi connectivity index (χ2n) is 7.28. The molecule has 2 heterocycles. The Morgan fingerprint density at radius 3 is 2.68 bits per heavy atom. The largest absolute Gasteiger partial charge is 0.342 e. The van der Waals surface area contributed by atoms with Crippen LogP contribution in [0.25, 0.3) is 11.0 Å². The number of rotatable bonds is 4. The van der Waals surface area contributed by atoms with Crippen LogP contribution in [0.1, 0.15) is 62.5 Å². The lowest BCUT2D eigenvalue weighted by Crippen LogP contribution is -2.29. The maximum atomic E-state index is 12.8. The van der Waals surface area contributed by atoms with E-state index in [4.69, 9.17) is 0 Å². The van der Waals surface area contributed by atoms with Crippen LogP contribution < -0.4 is 5.32 Å². The standard InChI is InChI=1S/C19H25N5O/c1-6-16-13(11-20-24(16)19(3,4)5)18(25)21-12(2)17-22-14-9-7-8-10-15(14)23-17/h7-12H,6H2,1-5H3,(H,21,25)(H,22,23)/t12-/m0/s1. The highest BCUT2D eigenvalue weighted by Crippen LogP contribution is 2.21. The molecule has 0 saturated heterocycles. The van der Waals surface area contributed by atoms with Crippen molar-refractivity contribution in [1.29, 1.82) is 0 Å². The average molecular weight is 339 g/mol. The number of para-hydroxylation sites is 2. The first-order valence-electron chi connectivity index (χ1n) is 8.64. The Labute approximate surface area is 147 Å². The molecule has 0 fully saturated rings. The van der Waals surface area contributed by atoms with E-state index in [9.17, 15) is 4.79 Å². The molecule has 0 spiro atoms. The lowest BCUT2D eigenvalue weighted by atomic mass is 10.1. The maximum Gasteiger partial charge on any atom is 0.255 e. The maximum absolute atomic E-state index is 12.8. The van der Waals surface area contributed by atoms with Crippen LogP contribution in [0.5, 0.6) is 0 Å². The number of H-pyrrole nitrogens is 1. The van der Waals surface area contributed by atoms with E-state index in [1.807, 2.05) is 42.8 Å². The number of carbonyl (C=O) groups is 1. The molecule has 6 heteroatoms. The number of carbonyl (C=O) groups excluding carboxylic acids is 1. The average Bonchev–Trinajstić information content (AvgIpc) is 3.18. The van der Waals surface area contributed by atoms with Crippen molar-refractivity contribution in [2.45, 2.75) is 52.6 Å². The second-order valence-corrected chi connectivity index (χ2v) is 7.28. The lowest BCUT2D eigenvalue weighted by Gasteiger charge is -2.22. The van der Waals surface area contributed by atoms with Crippen molar-refractivity contribution in [2.75, 3.05) is 0 Å². The summed E-state index contributed by atoms with van der Waals surface area (Å²) in [5.74, 6) is 0.621. The topological polar surface area (TPSA) is 75.6 Å².